The van der Waals surface area contributed by atoms with E-state index in [2.05, 4.69) is 6.92 Å². The van der Waals surface area contributed by atoms with E-state index in [-0.39, 0.29) is 31.6 Å². The highest BCUT2D eigenvalue weighted by atomic mass is 16.6. The molecule has 0 spiro atoms. The molecule has 0 aliphatic rings. The Kier molecular flexibility index (Phi) is 24.7. The molecule has 0 radical (unpaired) electrons. The molecule has 1 unspecified atom stereocenters. The highest BCUT2D eigenvalue weighted by Crippen LogP contribution is 2.15. The van der Waals surface area contributed by atoms with Crippen LogP contribution in [0.4, 0.5) is 0 Å². The Labute approximate surface area is 204 Å². The maximum absolute atomic E-state index is 11.8. The van der Waals surface area contributed by atoms with Crippen molar-refractivity contribution >= 4 is 11.9 Å². The minimum absolute atomic E-state index is 0.0753. The molecule has 0 bridgehead atoms. The first-order valence-electron chi connectivity index (χ1n) is 14.1. The minimum Gasteiger partial charge on any atom is -0.462 e. The van der Waals surface area contributed by atoms with Gasteiger partial charge in [-0.2, -0.15) is 0 Å². The van der Waals surface area contributed by atoms with Crippen LogP contribution in [-0.2, 0) is 19.1 Å². The number of unbranched alkanes of at least 4 members (excludes halogenated alkanes) is 18. The third kappa shape index (κ3) is 23.8. The number of esters is 2. The summed E-state index contributed by atoms with van der Waals surface area (Å²) in [6.45, 7) is 3.57. The fourth-order valence-corrected chi connectivity index (χ4v) is 4.00. The largest absolute Gasteiger partial charge is 0.462 e. The Morgan fingerprint density at radius 3 is 1.36 bits per heavy atom. The third-order valence-electron chi connectivity index (χ3n) is 6.21. The van der Waals surface area contributed by atoms with Crippen molar-refractivity contribution in [1.29, 1.82) is 0 Å². The average molecular weight is 471 g/mol. The molecule has 0 heterocycles. The Morgan fingerprint density at radius 1 is 0.606 bits per heavy atom. The summed E-state index contributed by atoms with van der Waals surface area (Å²) in [7, 11) is 0. The highest BCUT2D eigenvalue weighted by Gasteiger charge is 2.15. The maximum Gasteiger partial charge on any atom is 0.306 e. The lowest BCUT2D eigenvalue weighted by Gasteiger charge is -2.15. The molecular formula is C28H54O5. The van der Waals surface area contributed by atoms with Gasteiger partial charge in [0, 0.05) is 12.8 Å². The predicted octanol–water partition coefficient (Wildman–Crippen LogP) is 7.67. The monoisotopic (exact) mass is 470 g/mol. The van der Waals surface area contributed by atoms with Gasteiger partial charge in [-0.25, -0.2) is 0 Å². The van der Waals surface area contributed by atoms with Crippen LogP contribution in [0.3, 0.4) is 0 Å². The van der Waals surface area contributed by atoms with Crippen LogP contribution in [0.25, 0.3) is 0 Å². The number of ether oxygens (including phenoxy) is 2. The highest BCUT2D eigenvalue weighted by molar-refractivity contribution is 5.70. The molecule has 0 saturated carbocycles. The summed E-state index contributed by atoms with van der Waals surface area (Å²) in [6, 6.07) is 0. The molecule has 0 aromatic heterocycles. The van der Waals surface area contributed by atoms with Gasteiger partial charge in [-0.3, -0.25) is 9.59 Å². The van der Waals surface area contributed by atoms with E-state index in [1.807, 2.05) is 0 Å². The van der Waals surface area contributed by atoms with Gasteiger partial charge in [-0.1, -0.05) is 129 Å². The first-order valence-corrected chi connectivity index (χ1v) is 14.1. The molecule has 0 rings (SSSR count). The molecule has 0 aliphatic heterocycles. The summed E-state index contributed by atoms with van der Waals surface area (Å²) in [5.41, 5.74) is 0. The molecule has 0 fully saturated rings. The van der Waals surface area contributed by atoms with Crippen LogP contribution in [0.1, 0.15) is 149 Å². The van der Waals surface area contributed by atoms with Crippen LogP contribution in [-0.4, -0.2) is 36.4 Å². The van der Waals surface area contributed by atoms with Crippen LogP contribution in [0, 0.1) is 0 Å². The van der Waals surface area contributed by atoms with E-state index < -0.39 is 6.10 Å². The topological polar surface area (TPSA) is 72.8 Å². The zero-order chi connectivity index (χ0) is 24.4. The molecule has 0 saturated heterocycles. The number of carbonyl (C=O) groups is 2. The Bertz CT molecular complexity index is 438. The molecule has 0 aliphatic carbocycles. The van der Waals surface area contributed by atoms with Crippen molar-refractivity contribution in [2.75, 3.05) is 13.2 Å². The molecule has 33 heavy (non-hydrogen) atoms. The van der Waals surface area contributed by atoms with Crippen LogP contribution < -0.4 is 0 Å². The molecule has 1 N–H and O–H groups in total. The molecule has 1 atom stereocenters. The van der Waals surface area contributed by atoms with E-state index in [1.165, 1.54) is 103 Å². The van der Waals surface area contributed by atoms with Crippen LogP contribution >= 0.6 is 0 Å². The van der Waals surface area contributed by atoms with Crippen molar-refractivity contribution < 1.29 is 24.2 Å². The number of aliphatic hydroxyl groups excluding tert-OH is 1. The van der Waals surface area contributed by atoms with E-state index in [4.69, 9.17) is 9.47 Å². The van der Waals surface area contributed by atoms with E-state index in [0.717, 1.165) is 19.3 Å². The average Bonchev–Trinajstić information content (AvgIpc) is 2.82. The zero-order valence-corrected chi connectivity index (χ0v) is 21.9. The summed E-state index contributed by atoms with van der Waals surface area (Å²) < 4.78 is 10.1. The van der Waals surface area contributed by atoms with E-state index in [9.17, 15) is 14.7 Å². The SMILES string of the molecule is CCCCCCCCCCCCCCCCCCCCCC(=O)OC(CO)COC(=O)CC. The summed E-state index contributed by atoms with van der Waals surface area (Å²) >= 11 is 0. The molecule has 196 valence electrons. The molecular weight excluding hydrogens is 416 g/mol. The Hall–Kier alpha value is -1.10. The van der Waals surface area contributed by atoms with Crippen molar-refractivity contribution in [3.8, 4) is 0 Å². The molecule has 0 aromatic rings. The van der Waals surface area contributed by atoms with Gasteiger partial charge < -0.3 is 14.6 Å². The maximum atomic E-state index is 11.8. The lowest BCUT2D eigenvalue weighted by molar-refractivity contribution is -0.161. The molecule has 5 heteroatoms. The first kappa shape index (κ1) is 31.9. The number of hydrogen-bond donors (Lipinski definition) is 1. The van der Waals surface area contributed by atoms with Gasteiger partial charge in [-0.05, 0) is 6.42 Å². The third-order valence-corrected chi connectivity index (χ3v) is 6.21. The number of hydrogen-bond acceptors (Lipinski definition) is 5. The summed E-state index contributed by atoms with van der Waals surface area (Å²) in [6.07, 6.45) is 25.0. The fourth-order valence-electron chi connectivity index (χ4n) is 4.00. The minimum atomic E-state index is -0.756. The van der Waals surface area contributed by atoms with Crippen LogP contribution in [0.15, 0.2) is 0 Å². The zero-order valence-electron chi connectivity index (χ0n) is 21.9. The molecule has 5 nitrogen and oxygen atoms in total. The number of rotatable bonds is 25. The Balaban J connectivity index is 3.31. The van der Waals surface area contributed by atoms with Gasteiger partial charge in [0.1, 0.15) is 6.61 Å². The van der Waals surface area contributed by atoms with E-state index in [0.29, 0.717) is 6.42 Å². The quantitative estimate of drug-likeness (QED) is 0.109. The van der Waals surface area contributed by atoms with Gasteiger partial charge in [0.2, 0.25) is 0 Å². The standard InChI is InChI=1S/C28H54O5/c1-3-5-6-7-8-9-10-11-12-13-14-15-16-17-18-19-20-21-22-23-28(31)33-26(24-29)25-32-27(30)4-2/h26,29H,3-25H2,1-2H3. The van der Waals surface area contributed by atoms with E-state index in [1.54, 1.807) is 6.92 Å². The van der Waals surface area contributed by atoms with Crippen LogP contribution in [0.2, 0.25) is 0 Å². The van der Waals surface area contributed by atoms with Gasteiger partial charge in [-0.15, -0.1) is 0 Å². The smallest absolute Gasteiger partial charge is 0.306 e. The molecule has 0 aromatic carbocycles. The Morgan fingerprint density at radius 2 is 1.00 bits per heavy atom. The van der Waals surface area contributed by atoms with Crippen molar-refractivity contribution in [3.05, 3.63) is 0 Å². The second-order valence-electron chi connectivity index (χ2n) is 9.44. The summed E-state index contributed by atoms with van der Waals surface area (Å²) in [5, 5.41) is 9.23. The van der Waals surface area contributed by atoms with Crippen molar-refractivity contribution in [3.63, 3.8) is 0 Å². The predicted molar refractivity (Wildman–Crippen MR) is 136 cm³/mol. The van der Waals surface area contributed by atoms with Crippen molar-refractivity contribution in [2.45, 2.75) is 155 Å². The molecule has 0 amide bonds. The summed E-state index contributed by atoms with van der Waals surface area (Å²) in [5.74, 6) is -0.683. The van der Waals surface area contributed by atoms with Crippen molar-refractivity contribution in [1.82, 2.24) is 0 Å². The second kappa shape index (κ2) is 25.5. The number of aliphatic hydroxyl groups is 1. The van der Waals surface area contributed by atoms with Gasteiger partial charge in [0.25, 0.3) is 0 Å². The first-order chi connectivity index (χ1) is 16.1. The normalized spacial score (nSPS) is 12.0. The van der Waals surface area contributed by atoms with Crippen LogP contribution in [0.5, 0.6) is 0 Å². The lowest BCUT2D eigenvalue weighted by Crippen LogP contribution is -2.28. The summed E-state index contributed by atoms with van der Waals surface area (Å²) in [4.78, 5) is 23.0. The van der Waals surface area contributed by atoms with Gasteiger partial charge in [0.05, 0.1) is 6.61 Å². The van der Waals surface area contributed by atoms with E-state index >= 15 is 0 Å². The van der Waals surface area contributed by atoms with Gasteiger partial charge >= 0.3 is 11.9 Å². The second-order valence-corrected chi connectivity index (χ2v) is 9.44. The lowest BCUT2D eigenvalue weighted by atomic mass is 10.0. The van der Waals surface area contributed by atoms with Crippen molar-refractivity contribution in [2.24, 2.45) is 0 Å². The van der Waals surface area contributed by atoms with Gasteiger partial charge in [0.15, 0.2) is 6.10 Å². The fraction of sp³-hybridized carbons (Fsp3) is 0.929. The number of carbonyl (C=O) groups excluding carboxylic acids is 2.